The fraction of sp³-hybridized carbons (Fsp3) is 0.737. The van der Waals surface area contributed by atoms with E-state index in [4.69, 9.17) is 4.74 Å². The maximum absolute atomic E-state index is 12.7. The van der Waals surface area contributed by atoms with Crippen LogP contribution < -0.4 is 0 Å². The van der Waals surface area contributed by atoms with E-state index in [0.29, 0.717) is 31.4 Å². The molecule has 1 saturated carbocycles. The first kappa shape index (κ1) is 17.5. The molecule has 1 spiro atoms. The molecule has 1 unspecified atom stereocenters. The summed E-state index contributed by atoms with van der Waals surface area (Å²) in [6, 6.07) is 2.49. The van der Waals surface area contributed by atoms with Crippen molar-refractivity contribution in [3.63, 3.8) is 0 Å². The molecule has 1 aromatic heterocycles. The van der Waals surface area contributed by atoms with Crippen molar-refractivity contribution in [3.05, 3.63) is 18.0 Å². The molecule has 2 amide bonds. The number of nitrogens with zero attached hydrogens (tertiary/aromatic N) is 4. The molecule has 0 N–H and O–H groups in total. The van der Waals surface area contributed by atoms with Crippen molar-refractivity contribution in [1.82, 2.24) is 19.6 Å². The first-order chi connectivity index (χ1) is 12.5. The van der Waals surface area contributed by atoms with Gasteiger partial charge in [0.2, 0.25) is 5.91 Å². The van der Waals surface area contributed by atoms with Gasteiger partial charge in [0.1, 0.15) is 5.69 Å². The molecule has 0 bridgehead atoms. The van der Waals surface area contributed by atoms with E-state index >= 15 is 0 Å². The normalized spacial score (nSPS) is 25.3. The van der Waals surface area contributed by atoms with Crippen molar-refractivity contribution in [2.24, 2.45) is 7.05 Å². The third-order valence-electron chi connectivity index (χ3n) is 6.17. The zero-order valence-corrected chi connectivity index (χ0v) is 15.7. The Hall–Kier alpha value is -1.89. The van der Waals surface area contributed by atoms with Gasteiger partial charge >= 0.3 is 0 Å². The molecule has 1 aromatic rings. The zero-order valence-electron chi connectivity index (χ0n) is 15.7. The summed E-state index contributed by atoms with van der Waals surface area (Å²) in [5.41, 5.74) is 0.439. The maximum Gasteiger partial charge on any atom is 0.272 e. The van der Waals surface area contributed by atoms with Gasteiger partial charge in [-0.1, -0.05) is 0 Å². The van der Waals surface area contributed by atoms with E-state index in [1.54, 1.807) is 30.9 Å². The summed E-state index contributed by atoms with van der Waals surface area (Å²) in [4.78, 5) is 28.8. The molecule has 3 aliphatic rings. The van der Waals surface area contributed by atoms with Gasteiger partial charge in [-0.2, -0.15) is 5.10 Å². The molecule has 142 valence electrons. The summed E-state index contributed by atoms with van der Waals surface area (Å²) < 4.78 is 7.84. The largest absolute Gasteiger partial charge is 0.375 e. The Morgan fingerprint density at radius 2 is 1.96 bits per heavy atom. The van der Waals surface area contributed by atoms with E-state index in [2.05, 4.69) is 10.00 Å². The molecule has 2 saturated heterocycles. The minimum atomic E-state index is -0.186. The van der Waals surface area contributed by atoms with Gasteiger partial charge in [0.15, 0.2) is 0 Å². The molecular formula is C19H28N4O3. The smallest absolute Gasteiger partial charge is 0.272 e. The molecule has 2 aliphatic heterocycles. The molecule has 0 aromatic carbocycles. The molecule has 26 heavy (non-hydrogen) atoms. The summed E-state index contributed by atoms with van der Waals surface area (Å²) in [5.74, 6) is 0.230. The van der Waals surface area contributed by atoms with Crippen molar-refractivity contribution in [3.8, 4) is 0 Å². The number of piperidine rings is 1. The first-order valence-corrected chi connectivity index (χ1v) is 9.69. The van der Waals surface area contributed by atoms with Crippen molar-refractivity contribution in [1.29, 1.82) is 0 Å². The van der Waals surface area contributed by atoms with Crippen LogP contribution in [0.3, 0.4) is 0 Å². The van der Waals surface area contributed by atoms with Gasteiger partial charge in [0, 0.05) is 51.9 Å². The Bertz CT molecular complexity index is 689. The lowest BCUT2D eigenvalue weighted by atomic mass is 9.81. The third-order valence-corrected chi connectivity index (χ3v) is 6.17. The SMILES string of the molecule is CC(=O)N(C1CC1)C1CCOC2(CCN(C(=O)c3ccnn3C)CC2)C1. The number of likely N-dealkylation sites (tertiary alicyclic amines) is 1. The molecule has 1 atom stereocenters. The number of aromatic nitrogens is 2. The average Bonchev–Trinajstić information content (AvgIpc) is 3.34. The van der Waals surface area contributed by atoms with Crippen LogP contribution in [0.4, 0.5) is 0 Å². The van der Waals surface area contributed by atoms with Crippen molar-refractivity contribution in [2.75, 3.05) is 19.7 Å². The number of hydrogen-bond acceptors (Lipinski definition) is 4. The Morgan fingerprint density at radius 1 is 1.23 bits per heavy atom. The topological polar surface area (TPSA) is 67.7 Å². The third kappa shape index (κ3) is 3.24. The Balaban J connectivity index is 1.40. The number of amides is 2. The maximum atomic E-state index is 12.7. The van der Waals surface area contributed by atoms with Crippen LogP contribution in [-0.4, -0.2) is 68.8 Å². The highest BCUT2D eigenvalue weighted by Gasteiger charge is 2.45. The second kappa shape index (κ2) is 6.68. The van der Waals surface area contributed by atoms with E-state index in [-0.39, 0.29) is 23.5 Å². The number of carbonyl (C=O) groups is 2. The summed E-state index contributed by atoms with van der Waals surface area (Å²) in [5, 5.41) is 4.09. The molecule has 3 heterocycles. The highest BCUT2D eigenvalue weighted by atomic mass is 16.5. The van der Waals surface area contributed by atoms with Gasteiger partial charge in [-0.25, -0.2) is 0 Å². The summed E-state index contributed by atoms with van der Waals surface area (Å²) in [6.07, 6.45) is 7.43. The predicted molar refractivity (Wildman–Crippen MR) is 95.6 cm³/mol. The average molecular weight is 360 g/mol. The first-order valence-electron chi connectivity index (χ1n) is 9.69. The van der Waals surface area contributed by atoms with Crippen LogP contribution in [0, 0.1) is 0 Å². The van der Waals surface area contributed by atoms with Crippen LogP contribution in [0.1, 0.15) is 55.9 Å². The van der Waals surface area contributed by atoms with Gasteiger partial charge in [0.05, 0.1) is 5.60 Å². The van der Waals surface area contributed by atoms with Gasteiger partial charge < -0.3 is 14.5 Å². The number of rotatable bonds is 3. The van der Waals surface area contributed by atoms with Crippen LogP contribution in [0.15, 0.2) is 12.3 Å². The fourth-order valence-corrected chi connectivity index (χ4v) is 4.62. The van der Waals surface area contributed by atoms with Crippen molar-refractivity contribution >= 4 is 11.8 Å². The van der Waals surface area contributed by atoms with Gasteiger partial charge in [-0.05, 0) is 44.6 Å². The van der Waals surface area contributed by atoms with Crippen LogP contribution in [0.25, 0.3) is 0 Å². The Kier molecular flexibility index (Phi) is 4.50. The standard InChI is InChI=1S/C19H28N4O3/c1-14(24)23(15-3-4-15)16-6-12-26-19(13-16)7-10-22(11-8-19)18(25)17-5-9-20-21(17)2/h5,9,15-16H,3-4,6-8,10-13H2,1-2H3. The fourth-order valence-electron chi connectivity index (χ4n) is 4.62. The van der Waals surface area contributed by atoms with Gasteiger partial charge in [0.25, 0.3) is 5.91 Å². The quantitative estimate of drug-likeness (QED) is 0.821. The molecule has 3 fully saturated rings. The van der Waals surface area contributed by atoms with E-state index in [1.807, 2.05) is 4.90 Å². The number of carbonyl (C=O) groups excluding carboxylic acids is 2. The highest BCUT2D eigenvalue weighted by molar-refractivity contribution is 5.92. The predicted octanol–water partition coefficient (Wildman–Crippen LogP) is 1.58. The van der Waals surface area contributed by atoms with Crippen LogP contribution in [-0.2, 0) is 16.6 Å². The molecule has 7 nitrogen and oxygen atoms in total. The zero-order chi connectivity index (χ0) is 18.3. The van der Waals surface area contributed by atoms with Crippen molar-refractivity contribution < 1.29 is 14.3 Å². The Morgan fingerprint density at radius 3 is 2.54 bits per heavy atom. The van der Waals surface area contributed by atoms with E-state index in [0.717, 1.165) is 38.5 Å². The second-order valence-corrected chi connectivity index (χ2v) is 7.97. The number of ether oxygens (including phenoxy) is 1. The minimum absolute atomic E-state index is 0.0375. The lowest BCUT2D eigenvalue weighted by Crippen LogP contribution is -2.55. The molecule has 7 heteroatoms. The summed E-state index contributed by atoms with van der Waals surface area (Å²) >= 11 is 0. The second-order valence-electron chi connectivity index (χ2n) is 7.97. The molecule has 1 aliphatic carbocycles. The summed E-state index contributed by atoms with van der Waals surface area (Å²) in [6.45, 7) is 3.78. The number of aryl methyl sites for hydroxylation is 1. The summed E-state index contributed by atoms with van der Waals surface area (Å²) in [7, 11) is 1.79. The van der Waals surface area contributed by atoms with Gasteiger partial charge in [-0.3, -0.25) is 14.3 Å². The minimum Gasteiger partial charge on any atom is -0.375 e. The Labute approximate surface area is 154 Å². The van der Waals surface area contributed by atoms with Crippen LogP contribution in [0.5, 0.6) is 0 Å². The van der Waals surface area contributed by atoms with Crippen LogP contribution >= 0.6 is 0 Å². The molecular weight excluding hydrogens is 332 g/mol. The van der Waals surface area contributed by atoms with E-state index < -0.39 is 0 Å². The highest BCUT2D eigenvalue weighted by Crippen LogP contribution is 2.40. The van der Waals surface area contributed by atoms with E-state index in [9.17, 15) is 9.59 Å². The van der Waals surface area contributed by atoms with Gasteiger partial charge in [-0.15, -0.1) is 0 Å². The lowest BCUT2D eigenvalue weighted by molar-refractivity contribution is -0.148. The molecule has 0 radical (unpaired) electrons. The number of hydrogen-bond donors (Lipinski definition) is 0. The molecule has 4 rings (SSSR count). The monoisotopic (exact) mass is 360 g/mol. The van der Waals surface area contributed by atoms with E-state index in [1.165, 1.54) is 0 Å². The lowest BCUT2D eigenvalue weighted by Gasteiger charge is -2.48. The van der Waals surface area contributed by atoms with Crippen LogP contribution in [0.2, 0.25) is 0 Å². The van der Waals surface area contributed by atoms with Crippen molar-refractivity contribution in [2.45, 2.75) is 63.1 Å².